The second-order valence-electron chi connectivity index (χ2n) is 4.83. The van der Waals surface area contributed by atoms with Gasteiger partial charge >= 0.3 is 0 Å². The molecule has 1 atom stereocenters. The Balaban J connectivity index is 2.13. The van der Waals surface area contributed by atoms with Gasteiger partial charge in [0.05, 0.1) is 22.7 Å². The molecule has 1 aliphatic heterocycles. The van der Waals surface area contributed by atoms with E-state index in [1.807, 2.05) is 0 Å². The molecule has 1 fully saturated rings. The maximum Gasteiger partial charge on any atom is 0.271 e. The van der Waals surface area contributed by atoms with Gasteiger partial charge in [-0.25, -0.2) is 4.68 Å². The number of rotatable bonds is 3. The van der Waals surface area contributed by atoms with Crippen molar-refractivity contribution in [2.24, 2.45) is 0 Å². The van der Waals surface area contributed by atoms with Gasteiger partial charge in [0.1, 0.15) is 0 Å². The number of aliphatic hydroxyl groups excluding tert-OH is 1. The quantitative estimate of drug-likeness (QED) is 0.685. The second-order valence-corrected chi connectivity index (χ2v) is 4.83. The van der Waals surface area contributed by atoms with Gasteiger partial charge in [0.25, 0.3) is 5.69 Å². The van der Waals surface area contributed by atoms with Crippen LogP contribution in [0.4, 0.5) is 5.69 Å². The molecule has 0 radical (unpaired) electrons. The summed E-state index contributed by atoms with van der Waals surface area (Å²) in [6.45, 7) is 0.462. The van der Waals surface area contributed by atoms with Crippen molar-refractivity contribution in [2.45, 2.75) is 32.1 Å². The van der Waals surface area contributed by atoms with Crippen molar-refractivity contribution in [3.8, 4) is 0 Å². The Labute approximate surface area is 114 Å². The maximum absolute atomic E-state index is 10.9. The van der Waals surface area contributed by atoms with Crippen LogP contribution in [0.15, 0.2) is 18.2 Å². The number of nitro benzene ring substituents is 1. The van der Waals surface area contributed by atoms with Gasteiger partial charge in [-0.15, -0.1) is 0 Å². The lowest BCUT2D eigenvalue weighted by atomic mass is 10.1. The van der Waals surface area contributed by atoms with E-state index in [1.165, 1.54) is 12.1 Å². The zero-order chi connectivity index (χ0) is 14.1. The first-order valence-electron chi connectivity index (χ1n) is 6.58. The normalized spacial score (nSPS) is 19.4. The van der Waals surface area contributed by atoms with Crippen LogP contribution in [-0.4, -0.2) is 26.4 Å². The molecule has 1 saturated heterocycles. The van der Waals surface area contributed by atoms with Crippen LogP contribution in [0.1, 0.15) is 31.2 Å². The largest absolute Gasteiger partial charge is 0.390 e. The number of hydrogen-bond donors (Lipinski definition) is 1. The zero-order valence-corrected chi connectivity index (χ0v) is 10.9. The smallest absolute Gasteiger partial charge is 0.271 e. The van der Waals surface area contributed by atoms with Gasteiger partial charge in [-0.3, -0.25) is 10.1 Å². The Hall–Kier alpha value is -1.99. The third-order valence-electron chi connectivity index (χ3n) is 3.56. The van der Waals surface area contributed by atoms with E-state index in [4.69, 9.17) is 4.74 Å². The van der Waals surface area contributed by atoms with Gasteiger partial charge in [0.2, 0.25) is 0 Å². The maximum atomic E-state index is 10.9. The lowest BCUT2D eigenvalue weighted by Crippen LogP contribution is -2.19. The first kappa shape index (κ1) is 13.0. The zero-order valence-electron chi connectivity index (χ0n) is 10.9. The molecular formula is C13H15N3O4. The summed E-state index contributed by atoms with van der Waals surface area (Å²) in [7, 11) is 0. The SMILES string of the molecule is O=[N+]([O-])c1ccc2c(CO)nn(C3CCCCO3)c2c1. The lowest BCUT2D eigenvalue weighted by molar-refractivity contribution is -0.384. The molecule has 7 nitrogen and oxygen atoms in total. The van der Waals surface area contributed by atoms with E-state index >= 15 is 0 Å². The first-order valence-corrected chi connectivity index (χ1v) is 6.58. The van der Waals surface area contributed by atoms with Crippen LogP contribution in [0.2, 0.25) is 0 Å². The average Bonchev–Trinajstić information content (AvgIpc) is 2.86. The van der Waals surface area contributed by atoms with Crippen molar-refractivity contribution in [3.05, 3.63) is 34.0 Å². The topological polar surface area (TPSA) is 90.4 Å². The molecule has 1 aromatic carbocycles. The highest BCUT2D eigenvalue weighted by Gasteiger charge is 2.22. The first-order chi connectivity index (χ1) is 9.70. The van der Waals surface area contributed by atoms with Crippen LogP contribution in [0.3, 0.4) is 0 Å². The van der Waals surface area contributed by atoms with Crippen LogP contribution in [0.25, 0.3) is 10.9 Å². The van der Waals surface area contributed by atoms with Crippen LogP contribution >= 0.6 is 0 Å². The predicted molar refractivity (Wildman–Crippen MR) is 71.2 cm³/mol. The number of fused-ring (bicyclic) bond motifs is 1. The highest BCUT2D eigenvalue weighted by Crippen LogP contribution is 2.30. The molecule has 0 bridgehead atoms. The summed E-state index contributed by atoms with van der Waals surface area (Å²) in [6.07, 6.45) is 2.66. The lowest BCUT2D eigenvalue weighted by Gasteiger charge is -2.23. The summed E-state index contributed by atoms with van der Waals surface area (Å²) in [5.41, 5.74) is 1.16. The molecule has 0 amide bonds. The number of non-ortho nitro benzene ring substituents is 1. The standard InChI is InChI=1S/C13H15N3O4/c17-8-11-10-5-4-9(16(18)19)7-12(10)15(14-11)13-3-1-2-6-20-13/h4-5,7,13,17H,1-3,6,8H2. The van der Waals surface area contributed by atoms with Crippen LogP contribution in [0.5, 0.6) is 0 Å². The van der Waals surface area contributed by atoms with E-state index in [0.29, 0.717) is 17.8 Å². The molecule has 0 spiro atoms. The summed E-state index contributed by atoms with van der Waals surface area (Å²) in [6, 6.07) is 4.54. The molecule has 3 rings (SSSR count). The van der Waals surface area contributed by atoms with E-state index < -0.39 is 4.92 Å². The van der Waals surface area contributed by atoms with E-state index in [2.05, 4.69) is 5.10 Å². The van der Waals surface area contributed by atoms with Gasteiger partial charge < -0.3 is 9.84 Å². The van der Waals surface area contributed by atoms with E-state index in [-0.39, 0.29) is 18.5 Å². The third-order valence-corrected chi connectivity index (χ3v) is 3.56. The molecule has 2 aromatic rings. The number of hydrogen-bond acceptors (Lipinski definition) is 5. The number of aromatic nitrogens is 2. The summed E-state index contributed by atoms with van der Waals surface area (Å²) in [4.78, 5) is 10.5. The molecule has 1 N–H and O–H groups in total. The Bertz CT molecular complexity index is 646. The fraction of sp³-hybridized carbons (Fsp3) is 0.462. The number of benzene rings is 1. The van der Waals surface area contributed by atoms with Crippen molar-refractivity contribution in [2.75, 3.05) is 6.61 Å². The fourth-order valence-corrected chi connectivity index (χ4v) is 2.56. The highest BCUT2D eigenvalue weighted by atomic mass is 16.6. The molecule has 20 heavy (non-hydrogen) atoms. The monoisotopic (exact) mass is 277 g/mol. The molecule has 1 unspecified atom stereocenters. The van der Waals surface area contributed by atoms with Crippen molar-refractivity contribution >= 4 is 16.6 Å². The number of nitrogens with zero attached hydrogens (tertiary/aromatic N) is 3. The molecule has 7 heteroatoms. The molecule has 2 heterocycles. The van der Waals surface area contributed by atoms with Crippen LogP contribution in [-0.2, 0) is 11.3 Å². The van der Waals surface area contributed by atoms with Gasteiger partial charge in [-0.05, 0) is 25.3 Å². The minimum Gasteiger partial charge on any atom is -0.390 e. The van der Waals surface area contributed by atoms with Crippen LogP contribution < -0.4 is 0 Å². The van der Waals surface area contributed by atoms with Crippen molar-refractivity contribution in [1.29, 1.82) is 0 Å². The highest BCUT2D eigenvalue weighted by molar-refractivity contribution is 5.84. The second kappa shape index (κ2) is 5.18. The Morgan fingerprint density at radius 2 is 2.35 bits per heavy atom. The van der Waals surface area contributed by atoms with E-state index in [0.717, 1.165) is 24.6 Å². The van der Waals surface area contributed by atoms with Gasteiger partial charge in [-0.1, -0.05) is 0 Å². The minimum atomic E-state index is -0.433. The number of ether oxygens (including phenoxy) is 1. The van der Waals surface area contributed by atoms with E-state index in [9.17, 15) is 15.2 Å². The molecule has 1 aromatic heterocycles. The summed E-state index contributed by atoms with van der Waals surface area (Å²) >= 11 is 0. The fourth-order valence-electron chi connectivity index (χ4n) is 2.56. The molecule has 106 valence electrons. The van der Waals surface area contributed by atoms with E-state index in [1.54, 1.807) is 10.7 Å². The average molecular weight is 277 g/mol. The van der Waals surface area contributed by atoms with Gasteiger partial charge in [0.15, 0.2) is 6.23 Å². The number of aliphatic hydroxyl groups is 1. The molecule has 0 aliphatic carbocycles. The Kier molecular flexibility index (Phi) is 3.37. The summed E-state index contributed by atoms with van der Waals surface area (Å²) in [5, 5.41) is 25.4. The molecular weight excluding hydrogens is 262 g/mol. The Morgan fingerprint density at radius 3 is 3.00 bits per heavy atom. The van der Waals surface area contributed by atoms with Gasteiger partial charge in [0, 0.05) is 24.1 Å². The predicted octanol–water partition coefficient (Wildman–Crippen LogP) is 2.14. The Morgan fingerprint density at radius 1 is 1.50 bits per heavy atom. The molecule has 0 saturated carbocycles. The molecule has 1 aliphatic rings. The van der Waals surface area contributed by atoms with Crippen LogP contribution in [0, 0.1) is 10.1 Å². The third kappa shape index (κ3) is 2.14. The summed E-state index contributed by atoms with van der Waals surface area (Å²) < 4.78 is 7.34. The number of nitro groups is 1. The van der Waals surface area contributed by atoms with Crippen molar-refractivity contribution in [3.63, 3.8) is 0 Å². The van der Waals surface area contributed by atoms with Crippen molar-refractivity contribution in [1.82, 2.24) is 9.78 Å². The van der Waals surface area contributed by atoms with Crippen molar-refractivity contribution < 1.29 is 14.8 Å². The summed E-state index contributed by atoms with van der Waals surface area (Å²) in [5.74, 6) is 0. The minimum absolute atomic E-state index is 0.0129. The van der Waals surface area contributed by atoms with Gasteiger partial charge in [-0.2, -0.15) is 5.10 Å².